The number of aryl methyl sites for hydroxylation is 1. The van der Waals surface area contributed by atoms with Gasteiger partial charge in [-0.1, -0.05) is 18.2 Å². The van der Waals surface area contributed by atoms with Gasteiger partial charge in [0.25, 0.3) is 5.56 Å². The number of hydrogen-bond acceptors (Lipinski definition) is 3. The molecule has 6 heteroatoms. The molecule has 1 heterocycles. The first-order chi connectivity index (χ1) is 12.5. The number of nitrogens with one attached hydrogen (secondary N) is 1. The van der Waals surface area contributed by atoms with Crippen LogP contribution in [-0.2, 0) is 6.61 Å². The summed E-state index contributed by atoms with van der Waals surface area (Å²) in [6, 6.07) is 13.5. The van der Waals surface area contributed by atoms with Gasteiger partial charge in [0.2, 0.25) is 0 Å². The van der Waals surface area contributed by atoms with Crippen molar-refractivity contribution < 1.29 is 13.5 Å². The van der Waals surface area contributed by atoms with Crippen LogP contribution < -0.4 is 10.3 Å². The lowest BCUT2D eigenvalue weighted by Crippen LogP contribution is -2.12. The number of nitrogens with zero attached hydrogens (tertiary/aromatic N) is 1. The van der Waals surface area contributed by atoms with E-state index >= 15 is 0 Å². The fourth-order valence-corrected chi connectivity index (χ4v) is 2.60. The summed E-state index contributed by atoms with van der Waals surface area (Å²) >= 11 is 0. The Kier molecular flexibility index (Phi) is 4.81. The molecular formula is C20H14F2N2O2. The van der Waals surface area contributed by atoms with Crippen LogP contribution in [-0.4, -0.2) is 4.98 Å². The molecule has 0 saturated carbocycles. The second kappa shape index (κ2) is 7.19. The first-order valence-corrected chi connectivity index (χ1v) is 7.79. The number of aromatic nitrogens is 1. The molecule has 0 atom stereocenters. The Hall–Kier alpha value is -3.46. The van der Waals surface area contributed by atoms with Crippen molar-refractivity contribution >= 4 is 0 Å². The zero-order chi connectivity index (χ0) is 18.7. The molecule has 0 amide bonds. The molecule has 0 aliphatic heterocycles. The minimum absolute atomic E-state index is 0.00178. The second-order valence-corrected chi connectivity index (χ2v) is 5.75. The Labute approximate surface area is 148 Å². The van der Waals surface area contributed by atoms with E-state index in [9.17, 15) is 18.8 Å². The molecule has 0 saturated heterocycles. The predicted molar refractivity (Wildman–Crippen MR) is 92.6 cm³/mol. The van der Waals surface area contributed by atoms with Crippen molar-refractivity contribution in [3.8, 4) is 22.9 Å². The maximum Gasteiger partial charge on any atom is 0.266 e. The highest BCUT2D eigenvalue weighted by Crippen LogP contribution is 2.27. The number of pyridine rings is 1. The van der Waals surface area contributed by atoms with Crippen LogP contribution in [0.15, 0.2) is 53.3 Å². The summed E-state index contributed by atoms with van der Waals surface area (Å²) in [7, 11) is 0. The van der Waals surface area contributed by atoms with Gasteiger partial charge >= 0.3 is 0 Å². The molecule has 4 nitrogen and oxygen atoms in total. The number of ether oxygens (including phenoxy) is 1. The van der Waals surface area contributed by atoms with Gasteiger partial charge in [0.05, 0.1) is 0 Å². The predicted octanol–water partition coefficient (Wildman–Crippen LogP) is 4.08. The lowest BCUT2D eigenvalue weighted by Gasteiger charge is -2.10. The third-order valence-electron chi connectivity index (χ3n) is 3.81. The molecule has 0 fully saturated rings. The quantitative estimate of drug-likeness (QED) is 0.769. The van der Waals surface area contributed by atoms with E-state index in [1.807, 2.05) is 6.07 Å². The molecule has 1 aromatic heterocycles. The Morgan fingerprint density at radius 1 is 1.15 bits per heavy atom. The summed E-state index contributed by atoms with van der Waals surface area (Å²) in [5.74, 6) is -1.03. The van der Waals surface area contributed by atoms with Crippen molar-refractivity contribution in [1.29, 1.82) is 5.26 Å². The number of aromatic amines is 1. The Bertz CT molecular complexity index is 1070. The van der Waals surface area contributed by atoms with Gasteiger partial charge in [-0.15, -0.1) is 0 Å². The summed E-state index contributed by atoms with van der Waals surface area (Å²) < 4.78 is 33.0. The van der Waals surface area contributed by atoms with Gasteiger partial charge in [-0.25, -0.2) is 8.78 Å². The van der Waals surface area contributed by atoms with Crippen molar-refractivity contribution in [2.24, 2.45) is 0 Å². The summed E-state index contributed by atoms with van der Waals surface area (Å²) in [6.07, 6.45) is 0. The van der Waals surface area contributed by atoms with E-state index in [-0.39, 0.29) is 17.9 Å². The smallest absolute Gasteiger partial charge is 0.266 e. The molecule has 130 valence electrons. The van der Waals surface area contributed by atoms with Crippen LogP contribution >= 0.6 is 0 Å². The molecule has 0 radical (unpaired) electrons. The van der Waals surface area contributed by atoms with Crippen LogP contribution in [0.4, 0.5) is 8.78 Å². The van der Waals surface area contributed by atoms with Crippen LogP contribution in [0, 0.1) is 29.9 Å². The number of nitriles is 1. The van der Waals surface area contributed by atoms with Crippen molar-refractivity contribution in [3.63, 3.8) is 0 Å². The Morgan fingerprint density at radius 2 is 1.96 bits per heavy atom. The highest BCUT2D eigenvalue weighted by Gasteiger charge is 2.13. The average molecular weight is 352 g/mol. The summed E-state index contributed by atoms with van der Waals surface area (Å²) in [5, 5.41) is 9.19. The zero-order valence-corrected chi connectivity index (χ0v) is 13.8. The van der Waals surface area contributed by atoms with E-state index in [0.29, 0.717) is 22.4 Å². The van der Waals surface area contributed by atoms with Crippen LogP contribution in [0.3, 0.4) is 0 Å². The molecule has 0 unspecified atom stereocenters. The van der Waals surface area contributed by atoms with Gasteiger partial charge in [0, 0.05) is 11.3 Å². The minimum atomic E-state index is -0.638. The van der Waals surface area contributed by atoms with Crippen molar-refractivity contribution in [1.82, 2.24) is 4.98 Å². The van der Waals surface area contributed by atoms with E-state index in [2.05, 4.69) is 4.98 Å². The molecule has 1 N–H and O–H groups in total. The van der Waals surface area contributed by atoms with Gasteiger partial charge in [-0.3, -0.25) is 4.79 Å². The van der Waals surface area contributed by atoms with Gasteiger partial charge in [0.15, 0.2) is 11.6 Å². The Morgan fingerprint density at radius 3 is 2.65 bits per heavy atom. The third kappa shape index (κ3) is 3.62. The first-order valence-electron chi connectivity index (χ1n) is 7.79. The fourth-order valence-electron chi connectivity index (χ4n) is 2.60. The standard InChI is InChI=1S/C20H14F2N2O2/c1-12-7-16(17(10-23)20(25)24-12)14-5-6-19(18(22)9-14)26-11-13-3-2-4-15(21)8-13/h2-9H,11H2,1H3,(H,24,25). The van der Waals surface area contributed by atoms with Gasteiger partial charge in [-0.05, 0) is 48.4 Å². The van der Waals surface area contributed by atoms with Crippen LogP contribution in [0.5, 0.6) is 5.75 Å². The second-order valence-electron chi connectivity index (χ2n) is 5.75. The largest absolute Gasteiger partial charge is 0.486 e. The number of halogens is 2. The first kappa shape index (κ1) is 17.4. The van der Waals surface area contributed by atoms with Gasteiger partial charge in [-0.2, -0.15) is 5.26 Å². The molecule has 0 spiro atoms. The molecule has 2 aromatic carbocycles. The number of rotatable bonds is 4. The zero-order valence-electron chi connectivity index (χ0n) is 13.8. The van der Waals surface area contributed by atoms with Crippen LogP contribution in [0.2, 0.25) is 0 Å². The van der Waals surface area contributed by atoms with Crippen molar-refractivity contribution in [2.45, 2.75) is 13.5 Å². The number of H-pyrrole nitrogens is 1. The van der Waals surface area contributed by atoms with Gasteiger partial charge in [0.1, 0.15) is 24.1 Å². The highest BCUT2D eigenvalue weighted by atomic mass is 19.1. The normalized spacial score (nSPS) is 10.4. The van der Waals surface area contributed by atoms with E-state index in [0.717, 1.165) is 0 Å². The summed E-state index contributed by atoms with van der Waals surface area (Å²) in [6.45, 7) is 1.69. The maximum atomic E-state index is 14.4. The van der Waals surface area contributed by atoms with Crippen molar-refractivity contribution in [3.05, 3.63) is 87.3 Å². The number of hydrogen-bond donors (Lipinski definition) is 1. The van der Waals surface area contributed by atoms with Crippen LogP contribution in [0.1, 0.15) is 16.8 Å². The van der Waals surface area contributed by atoms with E-state index in [1.54, 1.807) is 31.2 Å². The molecule has 3 aromatic rings. The van der Waals surface area contributed by atoms with Crippen molar-refractivity contribution in [2.75, 3.05) is 0 Å². The summed E-state index contributed by atoms with van der Waals surface area (Å²) in [5.41, 5.74) is 1.29. The van der Waals surface area contributed by atoms with E-state index in [1.165, 1.54) is 24.3 Å². The molecule has 26 heavy (non-hydrogen) atoms. The monoisotopic (exact) mass is 352 g/mol. The summed E-state index contributed by atoms with van der Waals surface area (Å²) in [4.78, 5) is 14.4. The average Bonchev–Trinajstić information content (AvgIpc) is 2.60. The SMILES string of the molecule is Cc1cc(-c2ccc(OCc3cccc(F)c3)c(F)c2)c(C#N)c(=O)[nH]1. The lowest BCUT2D eigenvalue weighted by molar-refractivity contribution is 0.290. The minimum Gasteiger partial charge on any atom is -0.486 e. The van der Waals surface area contributed by atoms with E-state index in [4.69, 9.17) is 4.74 Å². The lowest BCUT2D eigenvalue weighted by atomic mass is 10.0. The van der Waals surface area contributed by atoms with Crippen LogP contribution in [0.25, 0.3) is 11.1 Å². The molecule has 3 rings (SSSR count). The topological polar surface area (TPSA) is 65.9 Å². The third-order valence-corrected chi connectivity index (χ3v) is 3.81. The molecular weight excluding hydrogens is 338 g/mol. The fraction of sp³-hybridized carbons (Fsp3) is 0.100. The Balaban J connectivity index is 1.89. The van der Waals surface area contributed by atoms with Gasteiger partial charge < -0.3 is 9.72 Å². The molecule has 0 aliphatic carbocycles. The van der Waals surface area contributed by atoms with E-state index < -0.39 is 17.2 Å². The molecule has 0 bridgehead atoms. The molecule has 0 aliphatic rings. The number of benzene rings is 2. The maximum absolute atomic E-state index is 14.4. The highest BCUT2D eigenvalue weighted by molar-refractivity contribution is 5.70.